The third-order valence-corrected chi connectivity index (χ3v) is 4.87. The summed E-state index contributed by atoms with van der Waals surface area (Å²) in [5, 5.41) is 0. The Balaban J connectivity index is 2.51. The highest BCUT2D eigenvalue weighted by atomic mass is 32.2. The summed E-state index contributed by atoms with van der Waals surface area (Å²) < 4.78 is 25.6. The highest BCUT2D eigenvalue weighted by Crippen LogP contribution is 2.21. The second kappa shape index (κ2) is 5.02. The molecule has 4 nitrogen and oxygen atoms in total. The summed E-state index contributed by atoms with van der Waals surface area (Å²) in [7, 11) is -3.06. The first-order valence-corrected chi connectivity index (χ1v) is 7.55. The van der Waals surface area contributed by atoms with Gasteiger partial charge in [0.05, 0.1) is 5.75 Å². The summed E-state index contributed by atoms with van der Waals surface area (Å²) in [6.45, 7) is 7.37. The minimum absolute atomic E-state index is 0.0687. The van der Waals surface area contributed by atoms with Gasteiger partial charge in [-0.25, -0.2) is 12.7 Å². The van der Waals surface area contributed by atoms with Gasteiger partial charge in [0, 0.05) is 19.1 Å². The van der Waals surface area contributed by atoms with E-state index in [0.717, 1.165) is 12.8 Å². The monoisotopic (exact) mass is 248 g/mol. The maximum Gasteiger partial charge on any atom is 0.214 e. The molecule has 16 heavy (non-hydrogen) atoms. The molecule has 0 aromatic rings. The van der Waals surface area contributed by atoms with Gasteiger partial charge in [-0.05, 0) is 24.7 Å². The SMILES string of the molecule is CC(C)(C)CCS(=O)(=O)N1CCC(N)CC1. The Kier molecular flexibility index (Phi) is 4.37. The number of hydrogen-bond donors (Lipinski definition) is 1. The summed E-state index contributed by atoms with van der Waals surface area (Å²) in [6, 6.07) is 0.175. The Morgan fingerprint density at radius 1 is 1.25 bits per heavy atom. The maximum absolute atomic E-state index is 12.0. The Bertz CT molecular complexity index is 311. The second-order valence-electron chi connectivity index (χ2n) is 5.86. The Hall–Kier alpha value is -0.130. The van der Waals surface area contributed by atoms with Gasteiger partial charge in [-0.15, -0.1) is 0 Å². The van der Waals surface area contributed by atoms with Crippen molar-refractivity contribution in [3.8, 4) is 0 Å². The van der Waals surface area contributed by atoms with Crippen molar-refractivity contribution in [2.45, 2.75) is 46.1 Å². The van der Waals surface area contributed by atoms with Crippen LogP contribution in [0.2, 0.25) is 0 Å². The molecule has 2 N–H and O–H groups in total. The van der Waals surface area contributed by atoms with E-state index in [1.54, 1.807) is 4.31 Å². The van der Waals surface area contributed by atoms with Gasteiger partial charge in [0.2, 0.25) is 10.0 Å². The molecule has 0 aromatic heterocycles. The molecule has 0 atom stereocenters. The van der Waals surface area contributed by atoms with Crippen LogP contribution in [0.4, 0.5) is 0 Å². The summed E-state index contributed by atoms with van der Waals surface area (Å²) in [5.41, 5.74) is 5.83. The zero-order valence-corrected chi connectivity index (χ0v) is 11.4. The molecule has 0 radical (unpaired) electrons. The van der Waals surface area contributed by atoms with E-state index < -0.39 is 10.0 Å². The van der Waals surface area contributed by atoms with Crippen molar-refractivity contribution in [1.82, 2.24) is 4.31 Å². The van der Waals surface area contributed by atoms with Crippen LogP contribution in [0.25, 0.3) is 0 Å². The molecule has 1 saturated heterocycles. The fraction of sp³-hybridized carbons (Fsp3) is 1.00. The largest absolute Gasteiger partial charge is 0.328 e. The number of hydrogen-bond acceptors (Lipinski definition) is 3. The highest BCUT2D eigenvalue weighted by Gasteiger charge is 2.27. The van der Waals surface area contributed by atoms with Crippen molar-refractivity contribution in [2.24, 2.45) is 11.1 Å². The molecule has 5 heteroatoms. The summed E-state index contributed by atoms with van der Waals surface area (Å²) in [4.78, 5) is 0. The van der Waals surface area contributed by atoms with Crippen LogP contribution in [0, 0.1) is 5.41 Å². The molecule has 0 unspecified atom stereocenters. The van der Waals surface area contributed by atoms with Gasteiger partial charge < -0.3 is 5.73 Å². The summed E-state index contributed by atoms with van der Waals surface area (Å²) in [6.07, 6.45) is 2.28. The lowest BCUT2D eigenvalue weighted by Crippen LogP contribution is -2.44. The average molecular weight is 248 g/mol. The fourth-order valence-corrected chi connectivity index (χ4v) is 3.61. The van der Waals surface area contributed by atoms with E-state index in [1.807, 2.05) is 0 Å². The Labute approximate surface area is 99.2 Å². The quantitative estimate of drug-likeness (QED) is 0.815. The highest BCUT2D eigenvalue weighted by molar-refractivity contribution is 7.89. The molecule has 1 heterocycles. The van der Waals surface area contributed by atoms with Crippen LogP contribution in [0.5, 0.6) is 0 Å². The van der Waals surface area contributed by atoms with E-state index in [9.17, 15) is 8.42 Å². The van der Waals surface area contributed by atoms with E-state index in [4.69, 9.17) is 5.73 Å². The van der Waals surface area contributed by atoms with Gasteiger partial charge in [0.1, 0.15) is 0 Å². The van der Waals surface area contributed by atoms with Crippen molar-refractivity contribution < 1.29 is 8.42 Å². The number of nitrogens with two attached hydrogens (primary N) is 1. The van der Waals surface area contributed by atoms with Gasteiger partial charge in [-0.2, -0.15) is 0 Å². The van der Waals surface area contributed by atoms with Gasteiger partial charge >= 0.3 is 0 Å². The van der Waals surface area contributed by atoms with Crippen LogP contribution in [0.15, 0.2) is 0 Å². The molecule has 1 aliphatic heterocycles. The molecule has 96 valence electrons. The van der Waals surface area contributed by atoms with Crippen molar-refractivity contribution in [3.63, 3.8) is 0 Å². The standard InChI is InChI=1S/C11H24N2O2S/c1-11(2,3)6-9-16(14,15)13-7-4-10(12)5-8-13/h10H,4-9,12H2,1-3H3. The van der Waals surface area contributed by atoms with Crippen LogP contribution in [-0.4, -0.2) is 37.6 Å². The van der Waals surface area contributed by atoms with Gasteiger partial charge in [0.15, 0.2) is 0 Å². The lowest BCUT2D eigenvalue weighted by molar-refractivity contribution is 0.315. The van der Waals surface area contributed by atoms with Crippen molar-refractivity contribution >= 4 is 10.0 Å². The molecular weight excluding hydrogens is 224 g/mol. The first-order chi connectivity index (χ1) is 7.21. The summed E-state index contributed by atoms with van der Waals surface area (Å²) >= 11 is 0. The Morgan fingerprint density at radius 2 is 1.75 bits per heavy atom. The smallest absolute Gasteiger partial charge is 0.214 e. The zero-order chi connectivity index (χ0) is 12.4. The first kappa shape index (κ1) is 13.9. The average Bonchev–Trinajstić information content (AvgIpc) is 2.15. The molecule has 0 aromatic carbocycles. The van der Waals surface area contributed by atoms with Crippen molar-refractivity contribution in [2.75, 3.05) is 18.8 Å². The maximum atomic E-state index is 12.0. The Morgan fingerprint density at radius 3 is 2.19 bits per heavy atom. The zero-order valence-electron chi connectivity index (χ0n) is 10.6. The lowest BCUT2D eigenvalue weighted by Gasteiger charge is -2.30. The van der Waals surface area contributed by atoms with Gasteiger partial charge in [-0.3, -0.25) is 0 Å². The van der Waals surface area contributed by atoms with E-state index >= 15 is 0 Å². The predicted molar refractivity (Wildman–Crippen MR) is 66.6 cm³/mol. The van der Waals surface area contributed by atoms with E-state index in [0.29, 0.717) is 19.5 Å². The third kappa shape index (κ3) is 4.39. The van der Waals surface area contributed by atoms with E-state index in [2.05, 4.69) is 20.8 Å². The minimum Gasteiger partial charge on any atom is -0.328 e. The molecule has 0 saturated carbocycles. The second-order valence-corrected chi connectivity index (χ2v) is 7.95. The normalized spacial score (nSPS) is 21.2. The van der Waals surface area contributed by atoms with Crippen molar-refractivity contribution in [1.29, 1.82) is 0 Å². The van der Waals surface area contributed by atoms with Crippen molar-refractivity contribution in [3.05, 3.63) is 0 Å². The molecule has 1 rings (SSSR count). The number of rotatable bonds is 3. The topological polar surface area (TPSA) is 63.4 Å². The molecule has 1 fully saturated rings. The molecule has 0 amide bonds. The van der Waals surface area contributed by atoms with Crippen LogP contribution in [0.1, 0.15) is 40.0 Å². The van der Waals surface area contributed by atoms with Gasteiger partial charge in [0.25, 0.3) is 0 Å². The predicted octanol–water partition coefficient (Wildman–Crippen LogP) is 1.18. The number of sulfonamides is 1. The minimum atomic E-state index is -3.06. The summed E-state index contributed by atoms with van der Waals surface area (Å²) in [5.74, 6) is 0.256. The van der Waals surface area contributed by atoms with E-state index in [-0.39, 0.29) is 17.2 Å². The fourth-order valence-electron chi connectivity index (χ4n) is 1.72. The molecule has 1 aliphatic rings. The van der Waals surface area contributed by atoms with Crippen LogP contribution in [-0.2, 0) is 10.0 Å². The first-order valence-electron chi connectivity index (χ1n) is 5.94. The molecular formula is C11H24N2O2S. The van der Waals surface area contributed by atoms with Crippen LogP contribution < -0.4 is 5.73 Å². The van der Waals surface area contributed by atoms with E-state index in [1.165, 1.54) is 0 Å². The number of nitrogens with zero attached hydrogens (tertiary/aromatic N) is 1. The molecule has 0 bridgehead atoms. The molecule has 0 aliphatic carbocycles. The molecule has 0 spiro atoms. The van der Waals surface area contributed by atoms with Gasteiger partial charge in [-0.1, -0.05) is 20.8 Å². The van der Waals surface area contributed by atoms with Crippen LogP contribution >= 0.6 is 0 Å². The third-order valence-electron chi connectivity index (χ3n) is 3.00. The van der Waals surface area contributed by atoms with Crippen LogP contribution in [0.3, 0.4) is 0 Å². The lowest BCUT2D eigenvalue weighted by atomic mass is 9.94. The number of piperidine rings is 1.